The summed E-state index contributed by atoms with van der Waals surface area (Å²) in [5, 5.41) is 17.6. The molecule has 0 atom stereocenters. The van der Waals surface area contributed by atoms with E-state index >= 15 is 0 Å². The van der Waals surface area contributed by atoms with Crippen molar-refractivity contribution in [3.8, 4) is 0 Å². The highest BCUT2D eigenvalue weighted by Gasteiger charge is 2.16. The molecule has 0 spiro atoms. The van der Waals surface area contributed by atoms with Crippen molar-refractivity contribution >= 4 is 17.6 Å². The van der Waals surface area contributed by atoms with Crippen LogP contribution in [-0.4, -0.2) is 30.6 Å². The minimum absolute atomic E-state index is 0.129. The van der Waals surface area contributed by atoms with Gasteiger partial charge in [0.15, 0.2) is 0 Å². The summed E-state index contributed by atoms with van der Waals surface area (Å²) >= 11 is 6.07. The number of nitrogens with zero attached hydrogens (tertiary/aromatic N) is 4. The minimum Gasteiger partial charge on any atom is -0.477 e. The molecule has 17 heavy (non-hydrogen) atoms. The van der Waals surface area contributed by atoms with Gasteiger partial charge < -0.3 is 5.11 Å². The van der Waals surface area contributed by atoms with Gasteiger partial charge in [-0.2, -0.15) is 10.2 Å². The molecule has 2 aromatic rings. The Hall–Kier alpha value is -1.82. The van der Waals surface area contributed by atoms with Gasteiger partial charge in [0.2, 0.25) is 0 Å². The molecule has 0 bridgehead atoms. The minimum atomic E-state index is -1.01. The molecule has 90 valence electrons. The predicted molar refractivity (Wildman–Crippen MR) is 61.2 cm³/mol. The van der Waals surface area contributed by atoms with Gasteiger partial charge in [-0.15, -0.1) is 0 Å². The zero-order valence-corrected chi connectivity index (χ0v) is 10.1. The number of carboxylic acids is 1. The van der Waals surface area contributed by atoms with Crippen LogP contribution in [0, 0.1) is 6.92 Å². The van der Waals surface area contributed by atoms with Crippen LogP contribution in [0.15, 0.2) is 12.3 Å². The van der Waals surface area contributed by atoms with Gasteiger partial charge in [0.25, 0.3) is 0 Å². The van der Waals surface area contributed by atoms with E-state index in [9.17, 15) is 4.79 Å². The van der Waals surface area contributed by atoms with Gasteiger partial charge in [0.05, 0.1) is 12.2 Å². The molecule has 6 nitrogen and oxygen atoms in total. The number of hydrogen-bond donors (Lipinski definition) is 1. The number of carboxylic acid groups (broad SMARTS) is 1. The first-order valence-electron chi connectivity index (χ1n) is 4.93. The Morgan fingerprint density at radius 1 is 1.59 bits per heavy atom. The number of hydrogen-bond acceptors (Lipinski definition) is 3. The molecule has 0 saturated heterocycles. The summed E-state index contributed by atoms with van der Waals surface area (Å²) in [6, 6.07) is 1.45. The van der Waals surface area contributed by atoms with Crippen LogP contribution in [0.3, 0.4) is 0 Å². The molecule has 7 heteroatoms. The Morgan fingerprint density at radius 3 is 2.82 bits per heavy atom. The van der Waals surface area contributed by atoms with Gasteiger partial charge in [-0.1, -0.05) is 11.6 Å². The molecule has 0 fully saturated rings. The van der Waals surface area contributed by atoms with Crippen molar-refractivity contribution in [1.29, 1.82) is 0 Å². The number of aromatic carboxylic acids is 1. The summed E-state index contributed by atoms with van der Waals surface area (Å²) < 4.78 is 2.94. The maximum absolute atomic E-state index is 10.9. The van der Waals surface area contributed by atoms with E-state index in [1.807, 2.05) is 6.92 Å². The summed E-state index contributed by atoms with van der Waals surface area (Å²) in [5.41, 5.74) is 1.68. The highest BCUT2D eigenvalue weighted by molar-refractivity contribution is 6.30. The van der Waals surface area contributed by atoms with Gasteiger partial charge in [-0.25, -0.2) is 4.79 Å². The molecule has 0 aliphatic rings. The van der Waals surface area contributed by atoms with Crippen molar-refractivity contribution in [2.45, 2.75) is 13.5 Å². The van der Waals surface area contributed by atoms with Crippen LogP contribution in [0.25, 0.3) is 0 Å². The van der Waals surface area contributed by atoms with Crippen molar-refractivity contribution < 1.29 is 9.90 Å². The van der Waals surface area contributed by atoms with Crippen molar-refractivity contribution in [2.24, 2.45) is 7.05 Å². The number of rotatable bonds is 3. The lowest BCUT2D eigenvalue weighted by atomic mass is 10.2. The third kappa shape index (κ3) is 2.03. The van der Waals surface area contributed by atoms with E-state index in [0.29, 0.717) is 11.7 Å². The SMILES string of the molecule is Cc1nn(C)c(Cl)c1Cn1nccc1C(=O)O. The van der Waals surface area contributed by atoms with Crippen molar-refractivity contribution in [1.82, 2.24) is 19.6 Å². The van der Waals surface area contributed by atoms with E-state index in [2.05, 4.69) is 10.2 Å². The second-order valence-corrected chi connectivity index (χ2v) is 4.02. The molecule has 2 heterocycles. The number of halogens is 1. The molecule has 0 aliphatic heterocycles. The van der Waals surface area contributed by atoms with E-state index < -0.39 is 5.97 Å². The Bertz CT molecular complexity index is 573. The quantitative estimate of drug-likeness (QED) is 0.897. The Labute approximate surface area is 102 Å². The van der Waals surface area contributed by atoms with E-state index in [1.165, 1.54) is 16.9 Å². The zero-order valence-electron chi connectivity index (χ0n) is 9.38. The summed E-state index contributed by atoms with van der Waals surface area (Å²) in [6.45, 7) is 2.12. The average Bonchev–Trinajstić information content (AvgIpc) is 2.80. The topological polar surface area (TPSA) is 72.9 Å². The molecule has 2 aromatic heterocycles. The summed E-state index contributed by atoms with van der Waals surface area (Å²) in [5.74, 6) is -1.01. The average molecular weight is 255 g/mol. The molecule has 2 rings (SSSR count). The highest BCUT2D eigenvalue weighted by Crippen LogP contribution is 2.20. The molecule has 0 radical (unpaired) electrons. The normalized spacial score (nSPS) is 10.8. The first kappa shape index (κ1) is 11.7. The maximum Gasteiger partial charge on any atom is 0.354 e. The Kier molecular flexibility index (Phi) is 2.89. The van der Waals surface area contributed by atoms with Gasteiger partial charge in [0.1, 0.15) is 10.8 Å². The lowest BCUT2D eigenvalue weighted by Crippen LogP contribution is -2.11. The molecule has 0 saturated carbocycles. The number of carbonyl (C=O) groups is 1. The molecule has 0 amide bonds. The van der Waals surface area contributed by atoms with Crippen molar-refractivity contribution in [2.75, 3.05) is 0 Å². The smallest absolute Gasteiger partial charge is 0.354 e. The fourth-order valence-electron chi connectivity index (χ4n) is 1.64. The first-order chi connectivity index (χ1) is 8.00. The molecular weight excluding hydrogens is 244 g/mol. The fourth-order valence-corrected chi connectivity index (χ4v) is 1.88. The summed E-state index contributed by atoms with van der Waals surface area (Å²) in [7, 11) is 1.74. The third-order valence-electron chi connectivity index (χ3n) is 2.51. The lowest BCUT2D eigenvalue weighted by molar-refractivity contribution is 0.0684. The zero-order chi connectivity index (χ0) is 12.6. The summed E-state index contributed by atoms with van der Waals surface area (Å²) in [4.78, 5) is 10.9. The van der Waals surface area contributed by atoms with Crippen molar-refractivity contribution in [3.63, 3.8) is 0 Å². The Morgan fingerprint density at radius 2 is 2.29 bits per heavy atom. The van der Waals surface area contributed by atoms with Crippen LogP contribution in [0.2, 0.25) is 5.15 Å². The van der Waals surface area contributed by atoms with Crippen molar-refractivity contribution in [3.05, 3.63) is 34.4 Å². The molecule has 1 N–H and O–H groups in total. The molecular formula is C10H11ClN4O2. The lowest BCUT2D eigenvalue weighted by Gasteiger charge is -2.04. The van der Waals surface area contributed by atoms with Crippen LogP contribution in [0.1, 0.15) is 21.7 Å². The second-order valence-electron chi connectivity index (χ2n) is 3.66. The van der Waals surface area contributed by atoms with Gasteiger partial charge in [-0.3, -0.25) is 9.36 Å². The van der Waals surface area contributed by atoms with Crippen LogP contribution in [0.4, 0.5) is 0 Å². The molecule has 0 unspecified atom stereocenters. The number of aryl methyl sites for hydroxylation is 2. The van der Waals surface area contributed by atoms with Crippen LogP contribution >= 0.6 is 11.6 Å². The fraction of sp³-hybridized carbons (Fsp3) is 0.300. The van der Waals surface area contributed by atoms with E-state index in [1.54, 1.807) is 11.7 Å². The van der Waals surface area contributed by atoms with Crippen LogP contribution in [-0.2, 0) is 13.6 Å². The maximum atomic E-state index is 10.9. The van der Waals surface area contributed by atoms with Crippen LogP contribution in [0.5, 0.6) is 0 Å². The predicted octanol–water partition coefficient (Wildman–Crippen LogP) is 1.32. The van der Waals surface area contributed by atoms with E-state index in [4.69, 9.17) is 16.7 Å². The number of aromatic nitrogens is 4. The first-order valence-corrected chi connectivity index (χ1v) is 5.31. The molecule has 0 aliphatic carbocycles. The summed E-state index contributed by atoms with van der Waals surface area (Å²) in [6.07, 6.45) is 1.45. The van der Waals surface area contributed by atoms with Crippen LogP contribution < -0.4 is 0 Å². The monoisotopic (exact) mass is 254 g/mol. The second kappa shape index (κ2) is 4.21. The van der Waals surface area contributed by atoms with Gasteiger partial charge in [-0.05, 0) is 13.0 Å². The highest BCUT2D eigenvalue weighted by atomic mass is 35.5. The Balaban J connectivity index is 2.38. The standard InChI is InChI=1S/C10H11ClN4O2/c1-6-7(9(11)14(2)13-6)5-15-8(10(16)17)3-4-12-15/h3-4H,5H2,1-2H3,(H,16,17). The largest absolute Gasteiger partial charge is 0.477 e. The third-order valence-corrected chi connectivity index (χ3v) is 2.99. The van der Waals surface area contributed by atoms with E-state index in [-0.39, 0.29) is 5.69 Å². The van der Waals surface area contributed by atoms with Gasteiger partial charge in [0, 0.05) is 18.8 Å². The molecule has 0 aromatic carbocycles. The van der Waals surface area contributed by atoms with E-state index in [0.717, 1.165) is 11.3 Å². The van der Waals surface area contributed by atoms with Gasteiger partial charge >= 0.3 is 5.97 Å².